The number of nitrogens with one attached hydrogen (secondary N) is 2. The van der Waals surface area contributed by atoms with Gasteiger partial charge in [0.2, 0.25) is 5.91 Å². The lowest BCUT2D eigenvalue weighted by atomic mass is 9.80. The normalized spacial score (nSPS) is 45.2. The summed E-state index contributed by atoms with van der Waals surface area (Å²) in [7, 11) is 0. The van der Waals surface area contributed by atoms with E-state index in [1.807, 2.05) is 18.7 Å². The molecule has 4 heteroatoms. The number of carbonyl (C=O) groups excluding carboxylic acids is 1. The van der Waals surface area contributed by atoms with E-state index in [0.29, 0.717) is 5.25 Å². The molecule has 3 atom stereocenters. The fourth-order valence-electron chi connectivity index (χ4n) is 2.34. The highest BCUT2D eigenvalue weighted by molar-refractivity contribution is 8.00. The molecule has 13 heavy (non-hydrogen) atoms. The number of carbonyl (C=O) groups is 1. The molecule has 0 aromatic carbocycles. The van der Waals surface area contributed by atoms with E-state index in [0.717, 1.165) is 6.42 Å². The van der Waals surface area contributed by atoms with E-state index in [-0.39, 0.29) is 17.4 Å². The third-order valence-electron chi connectivity index (χ3n) is 3.41. The Kier molecular flexibility index (Phi) is 2.28. The molecule has 2 aliphatic rings. The lowest BCUT2D eigenvalue weighted by Crippen LogP contribution is -2.55. The topological polar surface area (TPSA) is 41.1 Å². The smallest absolute Gasteiger partial charge is 0.238 e. The molecule has 0 aliphatic carbocycles. The average molecular weight is 200 g/mol. The lowest BCUT2D eigenvalue weighted by Gasteiger charge is -2.40. The van der Waals surface area contributed by atoms with Crippen LogP contribution in [0.15, 0.2) is 0 Å². The van der Waals surface area contributed by atoms with Crippen LogP contribution in [0.2, 0.25) is 0 Å². The molecule has 2 heterocycles. The second-order valence-electron chi connectivity index (χ2n) is 3.99. The molecule has 1 amide bonds. The second-order valence-corrected chi connectivity index (χ2v) is 5.44. The minimum Gasteiger partial charge on any atom is -0.291 e. The first-order valence-electron chi connectivity index (χ1n) is 4.85. The third kappa shape index (κ3) is 1.27. The lowest BCUT2D eigenvalue weighted by molar-refractivity contribution is -0.122. The molecule has 2 fully saturated rings. The second kappa shape index (κ2) is 3.17. The van der Waals surface area contributed by atoms with Gasteiger partial charge in [-0.25, -0.2) is 5.43 Å². The van der Waals surface area contributed by atoms with E-state index in [1.165, 1.54) is 12.2 Å². The Morgan fingerprint density at radius 1 is 1.54 bits per heavy atom. The number of hydrogen-bond donors (Lipinski definition) is 2. The minimum absolute atomic E-state index is 0.0139. The molecular formula is C9H16N2OS. The first-order valence-corrected chi connectivity index (χ1v) is 5.90. The molecule has 2 aliphatic heterocycles. The van der Waals surface area contributed by atoms with Gasteiger partial charge in [0.25, 0.3) is 0 Å². The maximum Gasteiger partial charge on any atom is 0.238 e. The fourth-order valence-corrected chi connectivity index (χ4v) is 3.68. The molecule has 1 spiro atoms. The summed E-state index contributed by atoms with van der Waals surface area (Å²) in [5.74, 6) is 1.48. The van der Waals surface area contributed by atoms with Gasteiger partial charge in [0.15, 0.2) is 0 Å². The Hall–Kier alpha value is -0.220. The van der Waals surface area contributed by atoms with Gasteiger partial charge in [-0.05, 0) is 18.6 Å². The van der Waals surface area contributed by atoms with Gasteiger partial charge >= 0.3 is 0 Å². The van der Waals surface area contributed by atoms with Gasteiger partial charge in [0, 0.05) is 5.25 Å². The van der Waals surface area contributed by atoms with Gasteiger partial charge in [-0.1, -0.05) is 13.8 Å². The van der Waals surface area contributed by atoms with Crippen molar-refractivity contribution in [2.75, 3.05) is 5.75 Å². The number of amides is 1. The van der Waals surface area contributed by atoms with Crippen molar-refractivity contribution in [3.63, 3.8) is 0 Å². The summed E-state index contributed by atoms with van der Waals surface area (Å²) in [6.07, 6.45) is 2.32. The van der Waals surface area contributed by atoms with Crippen molar-refractivity contribution in [2.45, 2.75) is 37.5 Å². The Balaban J connectivity index is 2.22. The van der Waals surface area contributed by atoms with Crippen LogP contribution < -0.4 is 10.9 Å². The molecule has 2 rings (SSSR count). The van der Waals surface area contributed by atoms with Crippen molar-refractivity contribution in [3.8, 4) is 0 Å². The summed E-state index contributed by atoms with van der Waals surface area (Å²) in [6.45, 7) is 4.24. The maximum absolute atomic E-state index is 11.4. The van der Waals surface area contributed by atoms with E-state index >= 15 is 0 Å². The Bertz CT molecular complexity index is 234. The zero-order valence-electron chi connectivity index (χ0n) is 8.09. The summed E-state index contributed by atoms with van der Waals surface area (Å²) < 4.78 is 0. The molecule has 2 N–H and O–H groups in total. The molecule has 0 bridgehead atoms. The van der Waals surface area contributed by atoms with Crippen LogP contribution in [0, 0.1) is 5.92 Å². The van der Waals surface area contributed by atoms with Crippen LogP contribution in [0.3, 0.4) is 0 Å². The number of hydrazine groups is 1. The number of rotatable bonds is 0. The molecule has 3 unspecified atom stereocenters. The van der Waals surface area contributed by atoms with Crippen LogP contribution in [0.4, 0.5) is 0 Å². The third-order valence-corrected chi connectivity index (χ3v) is 4.86. The van der Waals surface area contributed by atoms with Crippen molar-refractivity contribution in [1.29, 1.82) is 0 Å². The number of thioether (sulfide) groups is 1. The van der Waals surface area contributed by atoms with Crippen molar-refractivity contribution in [2.24, 2.45) is 5.92 Å². The molecule has 0 saturated carbocycles. The summed E-state index contributed by atoms with van der Waals surface area (Å²) in [5.41, 5.74) is 5.97. The minimum atomic E-state index is 0.0139. The summed E-state index contributed by atoms with van der Waals surface area (Å²) in [5, 5.41) is 0.523. The summed E-state index contributed by atoms with van der Waals surface area (Å²) >= 11 is 1.97. The zero-order chi connectivity index (χ0) is 9.47. The fraction of sp³-hybridized carbons (Fsp3) is 0.889. The monoisotopic (exact) mass is 200 g/mol. The van der Waals surface area contributed by atoms with Gasteiger partial charge < -0.3 is 0 Å². The average Bonchev–Trinajstić information content (AvgIpc) is 2.40. The van der Waals surface area contributed by atoms with Crippen molar-refractivity contribution in [3.05, 3.63) is 0 Å². The molecule has 0 radical (unpaired) electrons. The van der Waals surface area contributed by atoms with Gasteiger partial charge in [-0.2, -0.15) is 11.8 Å². The first-order chi connectivity index (χ1) is 6.17. The van der Waals surface area contributed by atoms with Crippen LogP contribution in [0.25, 0.3) is 0 Å². The molecule has 0 aromatic rings. The van der Waals surface area contributed by atoms with Crippen LogP contribution in [0.1, 0.15) is 26.7 Å². The highest BCUT2D eigenvalue weighted by atomic mass is 32.2. The van der Waals surface area contributed by atoms with Crippen LogP contribution in [-0.2, 0) is 4.79 Å². The van der Waals surface area contributed by atoms with E-state index in [4.69, 9.17) is 0 Å². The van der Waals surface area contributed by atoms with Crippen LogP contribution in [-0.4, -0.2) is 22.4 Å². The quantitative estimate of drug-likeness (QED) is 0.611. The molecule has 2 saturated heterocycles. The highest BCUT2D eigenvalue weighted by Gasteiger charge is 2.50. The SMILES string of the molecule is CC1SCCCC12NNC(=O)C2C. The summed E-state index contributed by atoms with van der Waals surface area (Å²) in [4.78, 5) is 11.4. The summed E-state index contributed by atoms with van der Waals surface area (Å²) in [6, 6.07) is 0. The van der Waals surface area contributed by atoms with Crippen molar-refractivity contribution in [1.82, 2.24) is 10.9 Å². The predicted octanol–water partition coefficient (Wildman–Crippen LogP) is 0.911. The van der Waals surface area contributed by atoms with Gasteiger partial charge in [-0.15, -0.1) is 0 Å². The van der Waals surface area contributed by atoms with Gasteiger partial charge in [0.05, 0.1) is 11.5 Å². The van der Waals surface area contributed by atoms with E-state index in [9.17, 15) is 4.79 Å². The first kappa shape index (κ1) is 9.34. The Morgan fingerprint density at radius 2 is 2.31 bits per heavy atom. The van der Waals surface area contributed by atoms with Crippen molar-refractivity contribution < 1.29 is 4.79 Å². The van der Waals surface area contributed by atoms with E-state index in [1.54, 1.807) is 0 Å². The Labute approximate surface area is 83.0 Å². The Morgan fingerprint density at radius 3 is 2.85 bits per heavy atom. The van der Waals surface area contributed by atoms with E-state index < -0.39 is 0 Å². The van der Waals surface area contributed by atoms with Crippen LogP contribution >= 0.6 is 11.8 Å². The number of hydrogen-bond acceptors (Lipinski definition) is 3. The zero-order valence-corrected chi connectivity index (χ0v) is 8.91. The van der Waals surface area contributed by atoms with Crippen molar-refractivity contribution >= 4 is 17.7 Å². The van der Waals surface area contributed by atoms with Crippen LogP contribution in [0.5, 0.6) is 0 Å². The van der Waals surface area contributed by atoms with Gasteiger partial charge in [0.1, 0.15) is 0 Å². The largest absolute Gasteiger partial charge is 0.291 e. The van der Waals surface area contributed by atoms with Gasteiger partial charge in [-0.3, -0.25) is 10.2 Å². The molecule has 0 aromatic heterocycles. The predicted molar refractivity (Wildman–Crippen MR) is 54.3 cm³/mol. The highest BCUT2D eigenvalue weighted by Crippen LogP contribution is 2.40. The molecule has 74 valence electrons. The van der Waals surface area contributed by atoms with E-state index in [2.05, 4.69) is 17.8 Å². The maximum atomic E-state index is 11.4. The standard InChI is InChI=1S/C9H16N2OS/c1-6-8(12)10-11-9(6)4-3-5-13-7(9)2/h6-7,11H,3-5H2,1-2H3,(H,10,12). The molecular weight excluding hydrogens is 184 g/mol. The molecule has 3 nitrogen and oxygen atoms in total.